The molecule has 0 saturated carbocycles. The number of hydrogen-bond acceptors (Lipinski definition) is 7. The Hall–Kier alpha value is -2.91. The largest absolute Gasteiger partial charge is 0.399 e. The number of amides is 1. The van der Waals surface area contributed by atoms with Gasteiger partial charge in [-0.25, -0.2) is 4.98 Å². The van der Waals surface area contributed by atoms with Crippen molar-refractivity contribution >= 4 is 34.3 Å². The molecule has 1 aliphatic rings. The zero-order valence-corrected chi connectivity index (χ0v) is 15.5. The van der Waals surface area contributed by atoms with Gasteiger partial charge in [-0.2, -0.15) is 5.10 Å². The van der Waals surface area contributed by atoms with E-state index in [1.165, 1.54) is 11.3 Å². The van der Waals surface area contributed by atoms with Gasteiger partial charge in [0.1, 0.15) is 10.7 Å². The van der Waals surface area contributed by atoms with Crippen molar-refractivity contribution in [1.29, 1.82) is 0 Å². The summed E-state index contributed by atoms with van der Waals surface area (Å²) in [5.74, 6) is -0.269. The highest BCUT2D eigenvalue weighted by Crippen LogP contribution is 2.31. The van der Waals surface area contributed by atoms with Crippen LogP contribution in [0.4, 0.5) is 17.1 Å². The van der Waals surface area contributed by atoms with Crippen molar-refractivity contribution in [1.82, 2.24) is 15.2 Å². The van der Waals surface area contributed by atoms with Gasteiger partial charge >= 0.3 is 0 Å². The van der Waals surface area contributed by atoms with Gasteiger partial charge < -0.3 is 21.7 Å². The first-order valence-electron chi connectivity index (χ1n) is 8.76. The molecule has 9 heteroatoms. The monoisotopic (exact) mass is 383 g/mol. The average Bonchev–Trinajstić information content (AvgIpc) is 3.33. The lowest BCUT2D eigenvalue weighted by molar-refractivity contribution is 0.102. The summed E-state index contributed by atoms with van der Waals surface area (Å²) in [5, 5.41) is 12.1. The van der Waals surface area contributed by atoms with Crippen molar-refractivity contribution in [2.75, 3.05) is 29.0 Å². The normalized spacial score (nSPS) is 17.1. The van der Waals surface area contributed by atoms with Crippen LogP contribution in [0.3, 0.4) is 0 Å². The highest BCUT2D eigenvalue weighted by molar-refractivity contribution is 7.13. The number of carbonyl (C=O) groups excluding carboxylic acids is 1. The Morgan fingerprint density at radius 1 is 1.41 bits per heavy atom. The molecule has 1 atom stereocenters. The van der Waals surface area contributed by atoms with Crippen molar-refractivity contribution in [2.45, 2.75) is 18.9 Å². The third kappa shape index (κ3) is 3.79. The fourth-order valence-corrected chi connectivity index (χ4v) is 4.00. The van der Waals surface area contributed by atoms with Gasteiger partial charge in [-0.15, -0.1) is 11.3 Å². The molecule has 1 saturated heterocycles. The zero-order valence-electron chi connectivity index (χ0n) is 14.7. The molecule has 1 aliphatic heterocycles. The van der Waals surface area contributed by atoms with Crippen LogP contribution in [0.2, 0.25) is 0 Å². The molecule has 0 spiro atoms. The van der Waals surface area contributed by atoms with Gasteiger partial charge in [0.05, 0.1) is 17.6 Å². The number of nitrogens with two attached hydrogens (primary N) is 2. The summed E-state index contributed by atoms with van der Waals surface area (Å²) in [6, 6.07) is 5.68. The minimum absolute atomic E-state index is 0.135. The maximum Gasteiger partial charge on any atom is 0.275 e. The number of piperidine rings is 1. The number of rotatable bonds is 4. The predicted octanol–water partition coefficient (Wildman–Crippen LogP) is 2.30. The number of hydrogen-bond donors (Lipinski definition) is 4. The van der Waals surface area contributed by atoms with E-state index < -0.39 is 0 Å². The number of anilines is 3. The smallest absolute Gasteiger partial charge is 0.275 e. The number of H-pyrrole nitrogens is 1. The van der Waals surface area contributed by atoms with Gasteiger partial charge in [0.15, 0.2) is 0 Å². The van der Waals surface area contributed by atoms with E-state index in [1.807, 2.05) is 12.1 Å². The molecule has 3 heterocycles. The van der Waals surface area contributed by atoms with Crippen molar-refractivity contribution in [3.05, 3.63) is 41.7 Å². The van der Waals surface area contributed by atoms with Crippen LogP contribution in [0.25, 0.3) is 10.6 Å². The van der Waals surface area contributed by atoms with E-state index in [9.17, 15) is 4.79 Å². The fraction of sp³-hybridized carbons (Fsp3) is 0.278. The van der Waals surface area contributed by atoms with Crippen molar-refractivity contribution in [2.24, 2.45) is 5.73 Å². The number of benzene rings is 1. The van der Waals surface area contributed by atoms with Gasteiger partial charge in [0.25, 0.3) is 5.91 Å². The third-order valence-corrected chi connectivity index (χ3v) is 5.44. The van der Waals surface area contributed by atoms with Crippen LogP contribution in [0.1, 0.15) is 23.3 Å². The number of nitrogens with one attached hydrogen (secondary N) is 2. The number of carbonyl (C=O) groups is 1. The minimum atomic E-state index is -0.269. The first kappa shape index (κ1) is 17.5. The van der Waals surface area contributed by atoms with Crippen LogP contribution in [-0.4, -0.2) is 40.2 Å². The molecule has 8 nitrogen and oxygen atoms in total. The Balaban J connectivity index is 1.56. The van der Waals surface area contributed by atoms with Gasteiger partial charge in [-0.1, -0.05) is 0 Å². The van der Waals surface area contributed by atoms with E-state index in [-0.39, 0.29) is 11.9 Å². The number of aromatic amines is 1. The van der Waals surface area contributed by atoms with E-state index in [1.54, 1.807) is 23.8 Å². The third-order valence-electron chi connectivity index (χ3n) is 4.55. The van der Waals surface area contributed by atoms with E-state index in [0.717, 1.165) is 42.2 Å². The summed E-state index contributed by atoms with van der Waals surface area (Å²) in [5.41, 5.74) is 15.5. The molecular formula is C18H21N7OS. The molecule has 6 N–H and O–H groups in total. The van der Waals surface area contributed by atoms with Gasteiger partial charge in [0.2, 0.25) is 0 Å². The van der Waals surface area contributed by atoms with Crippen molar-refractivity contribution in [3.63, 3.8) is 0 Å². The van der Waals surface area contributed by atoms with E-state index in [2.05, 4.69) is 25.4 Å². The molecule has 0 bridgehead atoms. The van der Waals surface area contributed by atoms with Crippen LogP contribution in [0.5, 0.6) is 0 Å². The maximum atomic E-state index is 12.7. The molecule has 3 aromatic rings. The summed E-state index contributed by atoms with van der Waals surface area (Å²) >= 11 is 1.40. The first-order valence-corrected chi connectivity index (χ1v) is 9.64. The molecule has 1 unspecified atom stereocenters. The Kier molecular flexibility index (Phi) is 4.78. The molecular weight excluding hydrogens is 362 g/mol. The molecule has 1 amide bonds. The minimum Gasteiger partial charge on any atom is -0.399 e. The summed E-state index contributed by atoms with van der Waals surface area (Å²) in [7, 11) is 0. The Bertz CT molecular complexity index is 937. The van der Waals surface area contributed by atoms with Gasteiger partial charge in [-0.05, 0) is 31.0 Å². The lowest BCUT2D eigenvalue weighted by atomic mass is 10.1. The topological polar surface area (TPSA) is 126 Å². The fourth-order valence-electron chi connectivity index (χ4n) is 3.22. The van der Waals surface area contributed by atoms with E-state index >= 15 is 0 Å². The second kappa shape index (κ2) is 7.37. The van der Waals surface area contributed by atoms with Crippen LogP contribution in [-0.2, 0) is 0 Å². The van der Waals surface area contributed by atoms with Crippen LogP contribution >= 0.6 is 11.3 Å². The van der Waals surface area contributed by atoms with E-state index in [0.29, 0.717) is 17.1 Å². The quantitative estimate of drug-likeness (QED) is 0.512. The second-order valence-corrected chi connectivity index (χ2v) is 7.46. The van der Waals surface area contributed by atoms with Crippen molar-refractivity contribution < 1.29 is 4.79 Å². The molecule has 27 heavy (non-hydrogen) atoms. The van der Waals surface area contributed by atoms with E-state index in [4.69, 9.17) is 11.5 Å². The number of aromatic nitrogens is 3. The SMILES string of the molecule is Nc1ccc(N2CCCC(N)C2)c(NC(=O)c2csc(-c3cn[nH]c3)n2)c1. The molecule has 1 aromatic carbocycles. The summed E-state index contributed by atoms with van der Waals surface area (Å²) in [4.78, 5) is 19.3. The summed E-state index contributed by atoms with van der Waals surface area (Å²) < 4.78 is 0. The first-order chi connectivity index (χ1) is 13.1. The van der Waals surface area contributed by atoms with Crippen LogP contribution in [0, 0.1) is 0 Å². The molecule has 4 rings (SSSR count). The average molecular weight is 383 g/mol. The molecule has 0 radical (unpaired) electrons. The highest BCUT2D eigenvalue weighted by atomic mass is 32.1. The summed E-state index contributed by atoms with van der Waals surface area (Å²) in [6.07, 6.45) is 5.47. The van der Waals surface area contributed by atoms with Crippen LogP contribution in [0.15, 0.2) is 36.0 Å². The zero-order chi connectivity index (χ0) is 18.8. The molecule has 2 aromatic heterocycles. The van der Waals surface area contributed by atoms with Crippen molar-refractivity contribution in [3.8, 4) is 10.6 Å². The molecule has 140 valence electrons. The number of nitrogen functional groups attached to an aromatic ring is 1. The molecule has 0 aliphatic carbocycles. The lowest BCUT2D eigenvalue weighted by Crippen LogP contribution is -2.43. The lowest BCUT2D eigenvalue weighted by Gasteiger charge is -2.34. The predicted molar refractivity (Wildman–Crippen MR) is 108 cm³/mol. The number of nitrogens with zero attached hydrogens (tertiary/aromatic N) is 3. The summed E-state index contributed by atoms with van der Waals surface area (Å²) in [6.45, 7) is 1.66. The van der Waals surface area contributed by atoms with Crippen LogP contribution < -0.4 is 21.7 Å². The number of thiazole rings is 1. The maximum absolute atomic E-state index is 12.7. The standard InChI is InChI=1S/C18H21N7OS/c19-12-3-4-16(25-5-1-2-13(20)9-25)14(6-12)23-17(26)15-10-27-18(24-15)11-7-21-22-8-11/h3-4,6-8,10,13H,1-2,5,9,19-20H2,(H,21,22)(H,23,26). The molecule has 1 fully saturated rings. The second-order valence-electron chi connectivity index (χ2n) is 6.60. The highest BCUT2D eigenvalue weighted by Gasteiger charge is 2.21. The Labute approximate surface area is 160 Å². The van der Waals surface area contributed by atoms with Gasteiger partial charge in [-0.3, -0.25) is 9.89 Å². The Morgan fingerprint density at radius 3 is 3.07 bits per heavy atom. The van der Waals surface area contributed by atoms with Gasteiger partial charge in [0, 0.05) is 42.0 Å². The Morgan fingerprint density at radius 2 is 2.30 bits per heavy atom.